The molecule has 3 nitrogen and oxygen atoms in total. The number of hydrogen-bond donors (Lipinski definition) is 0. The van der Waals surface area contributed by atoms with Gasteiger partial charge in [0.05, 0.1) is 19.0 Å². The lowest BCUT2D eigenvalue weighted by Crippen LogP contribution is -2.41. The van der Waals surface area contributed by atoms with Crippen LogP contribution in [0, 0.1) is 10.8 Å². The third-order valence-corrected chi connectivity index (χ3v) is 8.07. The molecule has 0 bridgehead atoms. The van der Waals surface area contributed by atoms with Crippen LogP contribution in [0.5, 0.6) is 0 Å². The molecular formula is C11H17ClO3S. The molecule has 2 saturated heterocycles. The lowest BCUT2D eigenvalue weighted by atomic mass is 9.65. The molecule has 0 amide bonds. The quantitative estimate of drug-likeness (QED) is 0.628. The molecule has 0 aromatic rings. The average Bonchev–Trinajstić information content (AvgIpc) is 2.54. The Morgan fingerprint density at radius 1 is 1.12 bits per heavy atom. The van der Waals surface area contributed by atoms with Crippen LogP contribution in [0.4, 0.5) is 0 Å². The molecule has 0 aromatic carbocycles. The fraction of sp³-hybridized carbons (Fsp3) is 1.00. The highest BCUT2D eigenvalue weighted by atomic mass is 35.5. The second kappa shape index (κ2) is 3.36. The molecule has 2 aliphatic heterocycles. The van der Waals surface area contributed by atoms with Gasteiger partial charge in [-0.15, -0.1) is 11.6 Å². The van der Waals surface area contributed by atoms with Gasteiger partial charge in [0, 0.05) is 10.8 Å². The summed E-state index contributed by atoms with van der Waals surface area (Å²) < 4.78 is 29.0. The normalized spacial score (nSPS) is 50.7. The minimum atomic E-state index is -3.12. The van der Waals surface area contributed by atoms with Crippen LogP contribution in [0.15, 0.2) is 0 Å². The Balaban J connectivity index is 2.13. The summed E-state index contributed by atoms with van der Waals surface area (Å²) in [5.74, 6) is 0.244. The highest BCUT2D eigenvalue weighted by Gasteiger charge is 2.68. The van der Waals surface area contributed by atoms with Gasteiger partial charge in [0.1, 0.15) is 4.71 Å². The summed E-state index contributed by atoms with van der Waals surface area (Å²) >= 11 is 6.27. The smallest absolute Gasteiger partial charge is 0.168 e. The molecule has 0 spiro atoms. The van der Waals surface area contributed by atoms with E-state index < -0.39 is 14.5 Å². The predicted octanol–water partition coefficient (Wildman–Crippen LogP) is 1.95. The van der Waals surface area contributed by atoms with E-state index in [0.29, 0.717) is 13.2 Å². The molecular weight excluding hydrogens is 248 g/mol. The van der Waals surface area contributed by atoms with Crippen molar-refractivity contribution in [2.24, 2.45) is 10.8 Å². The molecule has 2 heterocycles. The summed E-state index contributed by atoms with van der Waals surface area (Å²) in [7, 11) is -3.12. The number of ether oxygens (including phenoxy) is 1. The van der Waals surface area contributed by atoms with E-state index in [4.69, 9.17) is 16.3 Å². The van der Waals surface area contributed by atoms with Crippen molar-refractivity contribution in [2.75, 3.05) is 19.0 Å². The molecule has 3 rings (SSSR count). The highest BCUT2D eigenvalue weighted by Crippen LogP contribution is 2.63. The zero-order chi connectivity index (χ0) is 11.4. The van der Waals surface area contributed by atoms with Crippen LogP contribution in [-0.4, -0.2) is 32.1 Å². The van der Waals surface area contributed by atoms with Gasteiger partial charge in [0.15, 0.2) is 9.84 Å². The Kier molecular flexibility index (Phi) is 2.37. The lowest BCUT2D eigenvalue weighted by Gasteiger charge is -2.37. The Bertz CT molecular complexity index is 407. The first-order valence-corrected chi connectivity index (χ1v) is 8.11. The van der Waals surface area contributed by atoms with Crippen LogP contribution in [-0.2, 0) is 14.6 Å². The molecule has 1 aliphatic carbocycles. The van der Waals surface area contributed by atoms with E-state index in [0.717, 1.165) is 25.7 Å². The second-order valence-corrected chi connectivity index (χ2v) is 8.39. The molecule has 5 heteroatoms. The number of alkyl halides is 1. The molecule has 0 unspecified atom stereocenters. The summed E-state index contributed by atoms with van der Waals surface area (Å²) in [5, 5.41) is 0. The van der Waals surface area contributed by atoms with Gasteiger partial charge in [-0.3, -0.25) is 0 Å². The van der Waals surface area contributed by atoms with E-state index >= 15 is 0 Å². The van der Waals surface area contributed by atoms with E-state index in [1.54, 1.807) is 0 Å². The number of hydrogen-bond acceptors (Lipinski definition) is 3. The third-order valence-electron chi connectivity index (χ3n) is 4.80. The maximum Gasteiger partial charge on any atom is 0.168 e. The summed E-state index contributed by atoms with van der Waals surface area (Å²) in [6.45, 7) is 1.13. The Hall–Kier alpha value is 0.200. The summed E-state index contributed by atoms with van der Waals surface area (Å²) in [4.78, 5) is 0. The molecule has 1 saturated carbocycles. The maximum absolute atomic E-state index is 12.1. The molecule has 16 heavy (non-hydrogen) atoms. The van der Waals surface area contributed by atoms with E-state index in [1.165, 1.54) is 6.42 Å². The number of sulfone groups is 1. The SMILES string of the molecule is O=S1(=O)C[C@@]23CCCCC[C@@]2(COC3)[C@@H]1Cl. The van der Waals surface area contributed by atoms with Crippen LogP contribution in [0.1, 0.15) is 32.1 Å². The van der Waals surface area contributed by atoms with E-state index in [2.05, 4.69) is 0 Å². The van der Waals surface area contributed by atoms with Gasteiger partial charge in [0.25, 0.3) is 0 Å². The van der Waals surface area contributed by atoms with Crippen LogP contribution in [0.3, 0.4) is 0 Å². The standard InChI is InChI=1S/C11H17ClO3S/c12-9-11-5-3-1-2-4-10(11,6-15-7-11)8-16(9,13)14/h9H,1-8H2/t9-,10+,11-/m1/s1. The van der Waals surface area contributed by atoms with Crippen molar-refractivity contribution in [1.82, 2.24) is 0 Å². The van der Waals surface area contributed by atoms with Gasteiger partial charge in [-0.25, -0.2) is 8.42 Å². The van der Waals surface area contributed by atoms with Crippen molar-refractivity contribution in [3.63, 3.8) is 0 Å². The summed E-state index contributed by atoms with van der Waals surface area (Å²) in [6.07, 6.45) is 5.29. The Morgan fingerprint density at radius 3 is 2.69 bits per heavy atom. The van der Waals surface area contributed by atoms with Crippen molar-refractivity contribution in [3.05, 3.63) is 0 Å². The van der Waals surface area contributed by atoms with Gasteiger partial charge in [-0.1, -0.05) is 19.3 Å². The molecule has 0 N–H and O–H groups in total. The van der Waals surface area contributed by atoms with Crippen LogP contribution >= 0.6 is 11.6 Å². The fourth-order valence-electron chi connectivity index (χ4n) is 3.94. The van der Waals surface area contributed by atoms with Gasteiger partial charge in [-0.05, 0) is 12.8 Å². The van der Waals surface area contributed by atoms with Gasteiger partial charge in [-0.2, -0.15) is 0 Å². The fourth-order valence-corrected chi connectivity index (χ4v) is 7.09. The van der Waals surface area contributed by atoms with E-state index in [-0.39, 0.29) is 16.6 Å². The highest BCUT2D eigenvalue weighted by molar-refractivity contribution is 7.93. The third kappa shape index (κ3) is 1.21. The maximum atomic E-state index is 12.1. The van der Waals surface area contributed by atoms with Crippen molar-refractivity contribution >= 4 is 21.4 Å². The molecule has 92 valence electrons. The summed E-state index contributed by atoms with van der Waals surface area (Å²) in [6, 6.07) is 0. The number of halogens is 1. The Morgan fingerprint density at radius 2 is 1.88 bits per heavy atom. The van der Waals surface area contributed by atoms with Crippen LogP contribution < -0.4 is 0 Å². The largest absolute Gasteiger partial charge is 0.380 e. The lowest BCUT2D eigenvalue weighted by molar-refractivity contribution is 0.138. The van der Waals surface area contributed by atoms with Gasteiger partial charge in [0.2, 0.25) is 0 Å². The molecule has 3 atom stereocenters. The summed E-state index contributed by atoms with van der Waals surface area (Å²) in [5.41, 5.74) is -0.460. The zero-order valence-electron chi connectivity index (χ0n) is 9.25. The number of rotatable bonds is 0. The van der Waals surface area contributed by atoms with E-state index in [1.807, 2.05) is 0 Å². The average molecular weight is 265 g/mol. The van der Waals surface area contributed by atoms with E-state index in [9.17, 15) is 8.42 Å². The monoisotopic (exact) mass is 264 g/mol. The molecule has 3 aliphatic rings. The Labute approximate surface area is 101 Å². The van der Waals surface area contributed by atoms with Crippen molar-refractivity contribution in [2.45, 2.75) is 36.8 Å². The second-order valence-electron chi connectivity index (χ2n) is 5.61. The minimum Gasteiger partial charge on any atom is -0.380 e. The van der Waals surface area contributed by atoms with Crippen LogP contribution in [0.2, 0.25) is 0 Å². The van der Waals surface area contributed by atoms with Crippen molar-refractivity contribution in [3.8, 4) is 0 Å². The minimum absolute atomic E-state index is 0.172. The first-order valence-electron chi connectivity index (χ1n) is 5.96. The molecule has 0 aromatic heterocycles. The molecule has 3 fully saturated rings. The van der Waals surface area contributed by atoms with Gasteiger partial charge >= 0.3 is 0 Å². The molecule has 0 radical (unpaired) electrons. The van der Waals surface area contributed by atoms with Crippen molar-refractivity contribution < 1.29 is 13.2 Å². The predicted molar refractivity (Wildman–Crippen MR) is 62.2 cm³/mol. The first-order chi connectivity index (χ1) is 7.53. The first kappa shape index (κ1) is 11.3. The van der Waals surface area contributed by atoms with Crippen molar-refractivity contribution in [1.29, 1.82) is 0 Å². The topological polar surface area (TPSA) is 43.4 Å². The zero-order valence-corrected chi connectivity index (χ0v) is 10.8. The van der Waals surface area contributed by atoms with Crippen LogP contribution in [0.25, 0.3) is 0 Å². The van der Waals surface area contributed by atoms with Gasteiger partial charge < -0.3 is 4.74 Å².